The third-order valence-corrected chi connectivity index (χ3v) is 6.36. The van der Waals surface area contributed by atoms with Crippen molar-refractivity contribution in [1.82, 2.24) is 19.7 Å². The second-order valence-electron chi connectivity index (χ2n) is 8.75. The van der Waals surface area contributed by atoms with E-state index in [1.807, 2.05) is 89.8 Å². The molecule has 5 aromatic rings. The lowest BCUT2D eigenvalue weighted by Gasteiger charge is -2.27. The molecule has 37 heavy (non-hydrogen) atoms. The summed E-state index contributed by atoms with van der Waals surface area (Å²) in [5.74, 6) is 1.85. The zero-order valence-corrected chi connectivity index (χ0v) is 20.1. The highest BCUT2D eigenvalue weighted by Crippen LogP contribution is 2.33. The van der Waals surface area contributed by atoms with E-state index in [2.05, 4.69) is 10.1 Å². The third-order valence-electron chi connectivity index (χ3n) is 6.36. The van der Waals surface area contributed by atoms with Gasteiger partial charge in [0.1, 0.15) is 11.5 Å². The number of carbonyl (C=O) groups is 1. The zero-order valence-electron chi connectivity index (χ0n) is 20.1. The number of nitrogen functional groups attached to an aromatic ring is 1. The highest BCUT2D eigenvalue weighted by atomic mass is 16.5. The summed E-state index contributed by atoms with van der Waals surface area (Å²) >= 11 is 0. The number of nitrogens with zero attached hydrogens (tertiary/aromatic N) is 4. The molecule has 2 aromatic heterocycles. The fourth-order valence-corrected chi connectivity index (χ4v) is 4.53. The van der Waals surface area contributed by atoms with E-state index in [0.29, 0.717) is 37.7 Å². The van der Waals surface area contributed by atoms with E-state index in [1.165, 1.54) is 0 Å². The Hall–Kier alpha value is -4.69. The first-order valence-electron chi connectivity index (χ1n) is 12.1. The number of hydrogen-bond acceptors (Lipinski definition) is 6. The lowest BCUT2D eigenvalue weighted by Crippen LogP contribution is -2.40. The van der Waals surface area contributed by atoms with E-state index < -0.39 is 0 Å². The highest BCUT2D eigenvalue weighted by molar-refractivity contribution is 6.01. The maximum absolute atomic E-state index is 13.0. The molecule has 0 spiro atoms. The molecule has 0 aliphatic carbocycles. The third kappa shape index (κ3) is 4.50. The maximum atomic E-state index is 13.0. The fourth-order valence-electron chi connectivity index (χ4n) is 4.53. The Morgan fingerprint density at radius 3 is 2.43 bits per heavy atom. The van der Waals surface area contributed by atoms with Gasteiger partial charge in [0, 0.05) is 30.4 Å². The molecule has 0 unspecified atom stereocenters. The lowest BCUT2D eigenvalue weighted by atomic mass is 10.1. The van der Waals surface area contributed by atoms with Crippen molar-refractivity contribution in [1.29, 1.82) is 0 Å². The smallest absolute Gasteiger partial charge is 0.254 e. The minimum Gasteiger partial charge on any atom is -0.457 e. The lowest BCUT2D eigenvalue weighted by molar-refractivity contribution is 0.0303. The van der Waals surface area contributed by atoms with Crippen LogP contribution in [0.4, 0.5) is 5.82 Å². The van der Waals surface area contributed by atoms with Crippen LogP contribution in [0.5, 0.6) is 11.5 Å². The van der Waals surface area contributed by atoms with Gasteiger partial charge in [0.25, 0.3) is 5.91 Å². The SMILES string of the molecule is Nc1nn(-c2cccc(C(=O)N3CCOCC3)c2)c2ccnc(-c3ccc(Oc4ccccc4)cc3)c12. The average Bonchev–Trinajstić information content (AvgIpc) is 3.31. The summed E-state index contributed by atoms with van der Waals surface area (Å²) in [4.78, 5) is 19.5. The molecule has 6 rings (SSSR count). The van der Waals surface area contributed by atoms with Crippen molar-refractivity contribution in [3.63, 3.8) is 0 Å². The number of ether oxygens (including phenoxy) is 2. The molecule has 1 saturated heterocycles. The van der Waals surface area contributed by atoms with Gasteiger partial charge in [-0.1, -0.05) is 24.3 Å². The van der Waals surface area contributed by atoms with E-state index in [9.17, 15) is 4.79 Å². The molecule has 0 bridgehead atoms. The van der Waals surface area contributed by atoms with Crippen LogP contribution in [-0.2, 0) is 4.74 Å². The summed E-state index contributed by atoms with van der Waals surface area (Å²) in [6.45, 7) is 2.29. The first kappa shape index (κ1) is 22.8. The number of para-hydroxylation sites is 1. The number of carbonyl (C=O) groups excluding carboxylic acids is 1. The van der Waals surface area contributed by atoms with Crippen LogP contribution in [0.3, 0.4) is 0 Å². The van der Waals surface area contributed by atoms with Crippen LogP contribution in [0.2, 0.25) is 0 Å². The van der Waals surface area contributed by atoms with Crippen LogP contribution in [-0.4, -0.2) is 51.9 Å². The molecule has 1 amide bonds. The van der Waals surface area contributed by atoms with Crippen molar-refractivity contribution in [3.05, 3.63) is 96.7 Å². The van der Waals surface area contributed by atoms with Crippen molar-refractivity contribution >= 4 is 22.6 Å². The molecule has 0 radical (unpaired) electrons. The summed E-state index contributed by atoms with van der Waals surface area (Å²) in [5.41, 5.74) is 10.2. The second-order valence-corrected chi connectivity index (χ2v) is 8.75. The summed E-state index contributed by atoms with van der Waals surface area (Å²) in [6, 6.07) is 26.7. The predicted molar refractivity (Wildman–Crippen MR) is 142 cm³/mol. The number of amides is 1. The van der Waals surface area contributed by atoms with Crippen LogP contribution in [0.25, 0.3) is 27.8 Å². The monoisotopic (exact) mass is 491 g/mol. The van der Waals surface area contributed by atoms with Crippen molar-refractivity contribution < 1.29 is 14.3 Å². The molecular formula is C29H25N5O3. The van der Waals surface area contributed by atoms with Gasteiger partial charge in [-0.05, 0) is 60.7 Å². The number of benzene rings is 3. The van der Waals surface area contributed by atoms with Gasteiger partial charge in [0.05, 0.1) is 35.5 Å². The van der Waals surface area contributed by atoms with Crippen LogP contribution < -0.4 is 10.5 Å². The van der Waals surface area contributed by atoms with E-state index >= 15 is 0 Å². The molecule has 2 N–H and O–H groups in total. The molecule has 0 saturated carbocycles. The van der Waals surface area contributed by atoms with Gasteiger partial charge in [-0.25, -0.2) is 4.68 Å². The number of hydrogen-bond donors (Lipinski definition) is 1. The van der Waals surface area contributed by atoms with E-state index in [-0.39, 0.29) is 5.91 Å². The van der Waals surface area contributed by atoms with Gasteiger partial charge in [-0.15, -0.1) is 5.10 Å². The number of nitrogens with two attached hydrogens (primary N) is 1. The molecule has 3 heterocycles. The van der Waals surface area contributed by atoms with Crippen molar-refractivity contribution in [3.8, 4) is 28.4 Å². The van der Waals surface area contributed by atoms with Gasteiger partial charge in [0.2, 0.25) is 0 Å². The molecule has 8 nitrogen and oxygen atoms in total. The summed E-state index contributed by atoms with van der Waals surface area (Å²) < 4.78 is 13.1. The minimum atomic E-state index is -0.0187. The average molecular weight is 492 g/mol. The number of rotatable bonds is 5. The molecule has 1 aliphatic heterocycles. The van der Waals surface area contributed by atoms with Gasteiger partial charge < -0.3 is 20.1 Å². The van der Waals surface area contributed by atoms with Crippen LogP contribution in [0.15, 0.2) is 91.1 Å². The van der Waals surface area contributed by atoms with Crippen LogP contribution in [0.1, 0.15) is 10.4 Å². The number of pyridine rings is 1. The van der Waals surface area contributed by atoms with Gasteiger partial charge in [-0.3, -0.25) is 9.78 Å². The Labute approximate surface area is 213 Å². The first-order valence-corrected chi connectivity index (χ1v) is 12.1. The van der Waals surface area contributed by atoms with Gasteiger partial charge in [0.15, 0.2) is 5.82 Å². The summed E-state index contributed by atoms with van der Waals surface area (Å²) in [5, 5.41) is 5.37. The summed E-state index contributed by atoms with van der Waals surface area (Å²) in [6.07, 6.45) is 1.74. The van der Waals surface area contributed by atoms with Crippen molar-refractivity contribution in [2.24, 2.45) is 0 Å². The van der Waals surface area contributed by atoms with E-state index in [1.54, 1.807) is 10.9 Å². The molecule has 184 valence electrons. The molecule has 1 fully saturated rings. The van der Waals surface area contributed by atoms with E-state index in [0.717, 1.165) is 39.3 Å². The fraction of sp³-hybridized carbons (Fsp3) is 0.138. The quantitative estimate of drug-likeness (QED) is 0.374. The Balaban J connectivity index is 1.33. The Morgan fingerprint density at radius 2 is 1.65 bits per heavy atom. The van der Waals surface area contributed by atoms with Crippen molar-refractivity contribution in [2.45, 2.75) is 0 Å². The standard InChI is InChI=1S/C29H25N5O3/c30-28-26-25(34(32-28)22-6-4-5-21(19-22)29(35)33-15-17-36-18-16-33)13-14-31-27(26)20-9-11-24(12-10-20)37-23-7-2-1-3-8-23/h1-14,19H,15-18H2,(H2,30,32). The van der Waals surface area contributed by atoms with Crippen LogP contribution in [0, 0.1) is 0 Å². The topological polar surface area (TPSA) is 95.5 Å². The number of morpholine rings is 1. The zero-order chi connectivity index (χ0) is 25.2. The number of aromatic nitrogens is 3. The first-order chi connectivity index (χ1) is 18.2. The maximum Gasteiger partial charge on any atom is 0.254 e. The Kier molecular flexibility index (Phi) is 6.00. The minimum absolute atomic E-state index is 0.0187. The highest BCUT2D eigenvalue weighted by Gasteiger charge is 2.20. The Morgan fingerprint density at radius 1 is 0.892 bits per heavy atom. The largest absolute Gasteiger partial charge is 0.457 e. The predicted octanol–water partition coefficient (Wildman–Crippen LogP) is 4.93. The molecular weight excluding hydrogens is 466 g/mol. The molecule has 0 atom stereocenters. The van der Waals surface area contributed by atoms with Crippen LogP contribution >= 0.6 is 0 Å². The second kappa shape index (κ2) is 9.75. The number of anilines is 1. The molecule has 8 heteroatoms. The normalized spacial score (nSPS) is 13.6. The van der Waals surface area contributed by atoms with E-state index in [4.69, 9.17) is 15.2 Å². The molecule has 1 aliphatic rings. The summed E-state index contributed by atoms with van der Waals surface area (Å²) in [7, 11) is 0. The Bertz CT molecular complexity index is 1560. The van der Waals surface area contributed by atoms with Gasteiger partial charge >= 0.3 is 0 Å². The molecule has 3 aromatic carbocycles. The number of fused-ring (bicyclic) bond motifs is 1. The van der Waals surface area contributed by atoms with Gasteiger partial charge in [-0.2, -0.15) is 0 Å². The van der Waals surface area contributed by atoms with Crippen molar-refractivity contribution in [2.75, 3.05) is 32.0 Å².